The van der Waals surface area contributed by atoms with E-state index in [9.17, 15) is 31.1 Å². The Hall–Kier alpha value is -3.01. The number of carbonyl (C=O) groups is 1. The van der Waals surface area contributed by atoms with Crippen LogP contribution in [-0.4, -0.2) is 15.5 Å². The molecule has 2 heterocycles. The van der Waals surface area contributed by atoms with Crippen LogP contribution in [0.4, 0.5) is 32.0 Å². The Morgan fingerprint density at radius 3 is 2.28 bits per heavy atom. The molecule has 0 radical (unpaired) electrons. The van der Waals surface area contributed by atoms with E-state index in [2.05, 4.69) is 10.3 Å². The summed E-state index contributed by atoms with van der Waals surface area (Å²) < 4.78 is 77.8. The number of aromatic nitrogens is 2. The molecule has 0 unspecified atom stereocenters. The highest BCUT2D eigenvalue weighted by atomic mass is 35.5. The molecular formula is C18H10ClF6N3O. The van der Waals surface area contributed by atoms with Crippen molar-refractivity contribution in [3.05, 3.63) is 76.7 Å². The van der Waals surface area contributed by atoms with Gasteiger partial charge >= 0.3 is 12.4 Å². The van der Waals surface area contributed by atoms with E-state index in [0.29, 0.717) is 12.3 Å². The van der Waals surface area contributed by atoms with Crippen molar-refractivity contribution in [3.8, 4) is 5.82 Å². The summed E-state index contributed by atoms with van der Waals surface area (Å²) in [5.41, 5.74) is -2.20. The predicted octanol–water partition coefficient (Wildman–Crippen LogP) is 5.82. The van der Waals surface area contributed by atoms with Gasteiger partial charge in [0, 0.05) is 18.1 Å². The molecule has 0 aliphatic heterocycles. The van der Waals surface area contributed by atoms with E-state index >= 15 is 0 Å². The normalized spacial score (nSPS) is 12.1. The van der Waals surface area contributed by atoms with Gasteiger partial charge in [-0.05, 0) is 36.4 Å². The highest BCUT2D eigenvalue weighted by Crippen LogP contribution is 2.33. The molecule has 2 aromatic heterocycles. The van der Waals surface area contributed by atoms with Crippen LogP contribution in [0.25, 0.3) is 5.82 Å². The number of hydrogen-bond donors (Lipinski definition) is 1. The third-order valence-corrected chi connectivity index (χ3v) is 4.08. The highest BCUT2D eigenvalue weighted by Gasteiger charge is 2.32. The molecule has 152 valence electrons. The van der Waals surface area contributed by atoms with Crippen molar-refractivity contribution >= 4 is 23.2 Å². The maximum atomic E-state index is 12.8. The first kappa shape index (κ1) is 20.7. The van der Waals surface area contributed by atoms with Gasteiger partial charge in [0.25, 0.3) is 5.91 Å². The average Bonchev–Trinajstić information content (AvgIpc) is 3.10. The summed E-state index contributed by atoms with van der Waals surface area (Å²) in [6, 6.07) is 7.40. The second kappa shape index (κ2) is 7.43. The third-order valence-electron chi connectivity index (χ3n) is 3.81. The van der Waals surface area contributed by atoms with E-state index in [1.165, 1.54) is 24.4 Å². The number of benzene rings is 1. The Morgan fingerprint density at radius 1 is 0.966 bits per heavy atom. The second-order valence-electron chi connectivity index (χ2n) is 5.82. The van der Waals surface area contributed by atoms with Crippen LogP contribution >= 0.6 is 11.6 Å². The van der Waals surface area contributed by atoms with Gasteiger partial charge in [0.05, 0.1) is 16.1 Å². The molecule has 0 aliphatic rings. The largest absolute Gasteiger partial charge is 0.417 e. The number of carbonyl (C=O) groups excluding carboxylic acids is 1. The summed E-state index contributed by atoms with van der Waals surface area (Å²) in [4.78, 5) is 16.2. The number of amides is 1. The fraction of sp³-hybridized carbons (Fsp3) is 0.111. The smallest absolute Gasteiger partial charge is 0.321 e. The first-order valence-corrected chi connectivity index (χ1v) is 8.23. The van der Waals surface area contributed by atoms with Gasteiger partial charge in [0.15, 0.2) is 5.82 Å². The SMILES string of the molecule is O=C(Nc1cccc(C(F)(F)F)c1)c1cccn1-c1ncc(C(F)(F)F)cc1Cl. The quantitative estimate of drug-likeness (QED) is 0.529. The summed E-state index contributed by atoms with van der Waals surface area (Å²) >= 11 is 5.89. The van der Waals surface area contributed by atoms with Gasteiger partial charge in [0.2, 0.25) is 0 Å². The minimum absolute atomic E-state index is 0.0865. The number of pyridine rings is 1. The summed E-state index contributed by atoms with van der Waals surface area (Å²) in [6.07, 6.45) is -7.33. The number of hydrogen-bond acceptors (Lipinski definition) is 2. The van der Waals surface area contributed by atoms with Crippen molar-refractivity contribution in [2.24, 2.45) is 0 Å². The van der Waals surface area contributed by atoms with Crippen molar-refractivity contribution in [2.75, 3.05) is 5.32 Å². The molecule has 4 nitrogen and oxygen atoms in total. The van der Waals surface area contributed by atoms with Crippen molar-refractivity contribution in [3.63, 3.8) is 0 Å². The first-order chi connectivity index (χ1) is 13.5. The summed E-state index contributed by atoms with van der Waals surface area (Å²) in [5, 5.41) is 1.95. The first-order valence-electron chi connectivity index (χ1n) is 7.86. The van der Waals surface area contributed by atoms with Crippen molar-refractivity contribution in [1.82, 2.24) is 9.55 Å². The number of alkyl halides is 6. The van der Waals surface area contributed by atoms with Gasteiger partial charge in [-0.2, -0.15) is 26.3 Å². The molecule has 29 heavy (non-hydrogen) atoms. The number of nitrogens with one attached hydrogen (secondary N) is 1. The van der Waals surface area contributed by atoms with Crippen LogP contribution in [0.3, 0.4) is 0 Å². The van der Waals surface area contributed by atoms with Gasteiger partial charge in [-0.15, -0.1) is 0 Å². The second-order valence-corrected chi connectivity index (χ2v) is 6.23. The van der Waals surface area contributed by atoms with Crippen LogP contribution in [0, 0.1) is 0 Å². The van der Waals surface area contributed by atoms with Crippen LogP contribution in [0.1, 0.15) is 21.6 Å². The number of halogens is 7. The van der Waals surface area contributed by atoms with Crippen LogP contribution in [0.15, 0.2) is 54.9 Å². The molecule has 1 aromatic carbocycles. The number of anilines is 1. The Morgan fingerprint density at radius 2 is 1.66 bits per heavy atom. The number of rotatable bonds is 3. The molecule has 0 bridgehead atoms. The maximum Gasteiger partial charge on any atom is 0.417 e. The molecule has 0 atom stereocenters. The zero-order valence-corrected chi connectivity index (χ0v) is 14.9. The Bertz CT molecular complexity index is 1060. The van der Waals surface area contributed by atoms with E-state index in [1.54, 1.807) is 0 Å². The predicted molar refractivity (Wildman–Crippen MR) is 93.0 cm³/mol. The van der Waals surface area contributed by atoms with E-state index in [0.717, 1.165) is 22.8 Å². The molecule has 0 spiro atoms. The summed E-state index contributed by atoms with van der Waals surface area (Å²) in [7, 11) is 0. The molecular weight excluding hydrogens is 424 g/mol. The van der Waals surface area contributed by atoms with Gasteiger partial charge in [-0.1, -0.05) is 17.7 Å². The van der Waals surface area contributed by atoms with Gasteiger partial charge in [0.1, 0.15) is 5.69 Å². The van der Waals surface area contributed by atoms with Gasteiger partial charge in [-0.25, -0.2) is 4.98 Å². The van der Waals surface area contributed by atoms with Crippen molar-refractivity contribution in [2.45, 2.75) is 12.4 Å². The van der Waals surface area contributed by atoms with E-state index in [-0.39, 0.29) is 22.2 Å². The Balaban J connectivity index is 1.90. The molecule has 0 saturated carbocycles. The van der Waals surface area contributed by atoms with E-state index in [1.807, 2.05) is 0 Å². The highest BCUT2D eigenvalue weighted by molar-refractivity contribution is 6.32. The molecule has 1 amide bonds. The fourth-order valence-corrected chi connectivity index (χ4v) is 2.74. The lowest BCUT2D eigenvalue weighted by Gasteiger charge is -2.13. The van der Waals surface area contributed by atoms with Crippen LogP contribution in [0.5, 0.6) is 0 Å². The van der Waals surface area contributed by atoms with E-state index < -0.39 is 29.4 Å². The zero-order chi connectivity index (χ0) is 21.4. The topological polar surface area (TPSA) is 46.9 Å². The Kier molecular flexibility index (Phi) is 5.31. The molecule has 0 aliphatic carbocycles. The maximum absolute atomic E-state index is 12.8. The average molecular weight is 434 g/mol. The molecule has 3 rings (SSSR count). The lowest BCUT2D eigenvalue weighted by Crippen LogP contribution is -2.17. The fourth-order valence-electron chi connectivity index (χ4n) is 2.48. The van der Waals surface area contributed by atoms with Crippen LogP contribution < -0.4 is 5.32 Å². The molecule has 0 fully saturated rings. The monoisotopic (exact) mass is 433 g/mol. The van der Waals surface area contributed by atoms with Gasteiger partial charge in [-0.3, -0.25) is 9.36 Å². The standard InChI is InChI=1S/C18H10ClF6N3O/c19-13-8-11(18(23,24)25)9-26-15(13)28-6-2-5-14(28)16(29)27-12-4-1-3-10(7-12)17(20,21)22/h1-9H,(H,27,29). The molecule has 0 saturated heterocycles. The lowest BCUT2D eigenvalue weighted by molar-refractivity contribution is -0.138. The third kappa shape index (κ3) is 4.53. The van der Waals surface area contributed by atoms with Crippen LogP contribution in [0.2, 0.25) is 5.02 Å². The Labute approximate surface area is 164 Å². The zero-order valence-electron chi connectivity index (χ0n) is 14.1. The molecule has 1 N–H and O–H groups in total. The summed E-state index contributed by atoms with van der Waals surface area (Å²) in [6.45, 7) is 0. The lowest BCUT2D eigenvalue weighted by atomic mass is 10.2. The van der Waals surface area contributed by atoms with Crippen LogP contribution in [-0.2, 0) is 12.4 Å². The van der Waals surface area contributed by atoms with Crippen molar-refractivity contribution in [1.29, 1.82) is 0 Å². The summed E-state index contributed by atoms with van der Waals surface area (Å²) in [5.74, 6) is -0.939. The van der Waals surface area contributed by atoms with E-state index in [4.69, 9.17) is 11.6 Å². The minimum Gasteiger partial charge on any atom is -0.321 e. The minimum atomic E-state index is -4.64. The van der Waals surface area contributed by atoms with Crippen molar-refractivity contribution < 1.29 is 31.1 Å². The van der Waals surface area contributed by atoms with Gasteiger partial charge < -0.3 is 5.32 Å². The molecule has 11 heteroatoms. The molecule has 3 aromatic rings. The number of nitrogens with zero attached hydrogens (tertiary/aromatic N) is 2.